The molecular formula is C12H14ClN3O. The lowest BCUT2D eigenvalue weighted by atomic mass is 10.1. The van der Waals surface area contributed by atoms with Crippen LogP contribution in [0.2, 0.25) is 5.02 Å². The van der Waals surface area contributed by atoms with Crippen LogP contribution in [0.3, 0.4) is 0 Å². The van der Waals surface area contributed by atoms with Gasteiger partial charge < -0.3 is 5.32 Å². The number of benzene rings is 1. The molecule has 0 aromatic heterocycles. The third kappa shape index (κ3) is 2.77. The molecule has 1 aliphatic heterocycles. The number of nitrogens with one attached hydrogen (secondary N) is 2. The zero-order valence-electron chi connectivity index (χ0n) is 9.70. The fourth-order valence-corrected chi connectivity index (χ4v) is 1.75. The number of hydrogen-bond acceptors (Lipinski definition) is 3. The quantitative estimate of drug-likeness (QED) is 0.843. The van der Waals surface area contributed by atoms with Crippen molar-refractivity contribution in [2.75, 3.05) is 0 Å². The summed E-state index contributed by atoms with van der Waals surface area (Å²) in [6, 6.07) is 6.90. The van der Waals surface area contributed by atoms with Crippen LogP contribution in [0.4, 0.5) is 0 Å². The number of rotatable bonds is 2. The number of carbonyl (C=O) groups excluding carboxylic acids is 1. The Morgan fingerprint density at radius 3 is 2.59 bits per heavy atom. The van der Waals surface area contributed by atoms with Crippen molar-refractivity contribution < 1.29 is 4.79 Å². The van der Waals surface area contributed by atoms with E-state index in [1.54, 1.807) is 12.1 Å². The van der Waals surface area contributed by atoms with Crippen LogP contribution in [0.15, 0.2) is 29.3 Å². The van der Waals surface area contributed by atoms with E-state index in [0.29, 0.717) is 11.0 Å². The summed E-state index contributed by atoms with van der Waals surface area (Å²) in [4.78, 5) is 16.1. The normalized spacial score (nSPS) is 19.2. The summed E-state index contributed by atoms with van der Waals surface area (Å²) < 4.78 is 0. The van der Waals surface area contributed by atoms with Crippen LogP contribution < -0.4 is 10.6 Å². The largest absolute Gasteiger partial charge is 0.354 e. The summed E-state index contributed by atoms with van der Waals surface area (Å²) in [7, 11) is 0. The third-order valence-corrected chi connectivity index (χ3v) is 2.61. The molecule has 1 heterocycles. The van der Waals surface area contributed by atoms with Crippen molar-refractivity contribution in [3.8, 4) is 0 Å². The number of guanidine groups is 1. The molecule has 1 aromatic carbocycles. The Kier molecular flexibility index (Phi) is 3.33. The van der Waals surface area contributed by atoms with Gasteiger partial charge in [-0.2, -0.15) is 0 Å². The van der Waals surface area contributed by atoms with Gasteiger partial charge in [0, 0.05) is 11.1 Å². The van der Waals surface area contributed by atoms with E-state index >= 15 is 0 Å². The van der Waals surface area contributed by atoms with Crippen molar-refractivity contribution in [2.45, 2.75) is 25.9 Å². The van der Waals surface area contributed by atoms with Gasteiger partial charge in [0.25, 0.3) is 5.91 Å². The van der Waals surface area contributed by atoms with Crippen LogP contribution in [0.1, 0.15) is 25.5 Å². The molecule has 5 heteroatoms. The highest BCUT2D eigenvalue weighted by Gasteiger charge is 2.27. The smallest absolute Gasteiger partial charge is 0.256 e. The second-order valence-electron chi connectivity index (χ2n) is 4.22. The summed E-state index contributed by atoms with van der Waals surface area (Å²) in [6.45, 7) is 3.98. The van der Waals surface area contributed by atoms with Crippen LogP contribution in [-0.4, -0.2) is 17.9 Å². The van der Waals surface area contributed by atoms with E-state index in [4.69, 9.17) is 11.6 Å². The van der Waals surface area contributed by atoms with E-state index in [1.807, 2.05) is 26.0 Å². The summed E-state index contributed by atoms with van der Waals surface area (Å²) >= 11 is 5.80. The van der Waals surface area contributed by atoms with Crippen LogP contribution in [0, 0.1) is 0 Å². The lowest BCUT2D eigenvalue weighted by Gasteiger charge is -2.07. The van der Waals surface area contributed by atoms with Gasteiger partial charge in [0.15, 0.2) is 12.0 Å². The molecule has 1 atom stereocenters. The van der Waals surface area contributed by atoms with Gasteiger partial charge in [0.05, 0.1) is 0 Å². The maximum atomic E-state index is 11.8. The molecule has 2 rings (SSSR count). The van der Waals surface area contributed by atoms with Crippen LogP contribution >= 0.6 is 11.6 Å². The maximum Gasteiger partial charge on any atom is 0.256 e. The average Bonchev–Trinajstić information content (AvgIpc) is 2.59. The number of hydrogen-bond donors (Lipinski definition) is 2. The molecule has 90 valence electrons. The van der Waals surface area contributed by atoms with Gasteiger partial charge in [-0.25, -0.2) is 4.99 Å². The molecule has 0 aliphatic carbocycles. The first-order valence-electron chi connectivity index (χ1n) is 5.47. The van der Waals surface area contributed by atoms with E-state index < -0.39 is 6.04 Å². The molecule has 0 saturated heterocycles. The van der Waals surface area contributed by atoms with Crippen molar-refractivity contribution >= 4 is 23.5 Å². The van der Waals surface area contributed by atoms with Crippen molar-refractivity contribution in [3.63, 3.8) is 0 Å². The van der Waals surface area contributed by atoms with Gasteiger partial charge in [0.2, 0.25) is 0 Å². The fraction of sp³-hybridized carbons (Fsp3) is 0.333. The third-order valence-electron chi connectivity index (χ3n) is 2.36. The van der Waals surface area contributed by atoms with Gasteiger partial charge >= 0.3 is 0 Å². The molecule has 1 aliphatic rings. The highest BCUT2D eigenvalue weighted by Crippen LogP contribution is 2.22. The number of halogens is 1. The Morgan fingerprint density at radius 2 is 2.00 bits per heavy atom. The van der Waals surface area contributed by atoms with Gasteiger partial charge in [-0.05, 0) is 31.5 Å². The maximum absolute atomic E-state index is 11.8. The van der Waals surface area contributed by atoms with E-state index in [2.05, 4.69) is 15.6 Å². The van der Waals surface area contributed by atoms with Crippen molar-refractivity contribution in [1.29, 1.82) is 0 Å². The molecule has 2 N–H and O–H groups in total. The molecule has 0 radical (unpaired) electrons. The van der Waals surface area contributed by atoms with E-state index in [1.165, 1.54) is 0 Å². The Labute approximate surface area is 105 Å². The molecule has 17 heavy (non-hydrogen) atoms. The second kappa shape index (κ2) is 4.75. The van der Waals surface area contributed by atoms with E-state index in [9.17, 15) is 4.79 Å². The molecule has 0 fully saturated rings. The number of aliphatic imine (C=N–C) groups is 1. The standard InChI is InChI=1S/C12H14ClN3O/c1-7(2)14-12-15-10(11(17)16-12)8-3-5-9(13)6-4-8/h3-7,10H,1-2H3,(H2,14,15,16,17). The number of carbonyl (C=O) groups is 1. The first-order valence-corrected chi connectivity index (χ1v) is 5.84. The minimum absolute atomic E-state index is 0.115. The molecule has 0 spiro atoms. The lowest BCUT2D eigenvalue weighted by Crippen LogP contribution is -2.40. The molecule has 0 saturated carbocycles. The van der Waals surface area contributed by atoms with E-state index in [0.717, 1.165) is 5.56 Å². The Morgan fingerprint density at radius 1 is 1.35 bits per heavy atom. The summed E-state index contributed by atoms with van der Waals surface area (Å²) in [5, 5.41) is 6.44. The van der Waals surface area contributed by atoms with Gasteiger partial charge in [-0.3, -0.25) is 10.1 Å². The van der Waals surface area contributed by atoms with E-state index in [-0.39, 0.29) is 11.9 Å². The van der Waals surface area contributed by atoms with Crippen molar-refractivity contribution in [1.82, 2.24) is 10.6 Å². The second-order valence-corrected chi connectivity index (χ2v) is 4.66. The zero-order chi connectivity index (χ0) is 12.4. The van der Waals surface area contributed by atoms with Crippen molar-refractivity contribution in [3.05, 3.63) is 34.9 Å². The lowest BCUT2D eigenvalue weighted by molar-refractivity contribution is -0.120. The number of nitrogens with zero attached hydrogens (tertiary/aromatic N) is 1. The van der Waals surface area contributed by atoms with Gasteiger partial charge in [-0.15, -0.1) is 0 Å². The Hall–Kier alpha value is -1.55. The van der Waals surface area contributed by atoms with Crippen molar-refractivity contribution in [2.24, 2.45) is 4.99 Å². The minimum Gasteiger partial charge on any atom is -0.354 e. The molecule has 1 amide bonds. The summed E-state index contributed by atoms with van der Waals surface area (Å²) in [5.74, 6) is 0.417. The van der Waals surface area contributed by atoms with Crippen LogP contribution in [0.25, 0.3) is 0 Å². The average molecular weight is 252 g/mol. The predicted octanol–water partition coefficient (Wildman–Crippen LogP) is 1.86. The van der Waals surface area contributed by atoms with Gasteiger partial charge in [0.1, 0.15) is 0 Å². The SMILES string of the molecule is CC(C)NC1=NC(c2ccc(Cl)cc2)C(=O)N1. The van der Waals surface area contributed by atoms with Crippen LogP contribution in [-0.2, 0) is 4.79 Å². The predicted molar refractivity (Wildman–Crippen MR) is 68.0 cm³/mol. The minimum atomic E-state index is -0.478. The Balaban J connectivity index is 2.18. The highest BCUT2D eigenvalue weighted by atomic mass is 35.5. The van der Waals surface area contributed by atoms with Crippen LogP contribution in [0.5, 0.6) is 0 Å². The molecule has 4 nitrogen and oxygen atoms in total. The Bertz CT molecular complexity index is 453. The molecule has 0 bridgehead atoms. The summed E-state index contributed by atoms with van der Waals surface area (Å²) in [6.07, 6.45) is 0. The fourth-order valence-electron chi connectivity index (χ4n) is 1.62. The molecule has 1 aromatic rings. The first-order chi connectivity index (χ1) is 8.06. The highest BCUT2D eigenvalue weighted by molar-refractivity contribution is 6.30. The monoisotopic (exact) mass is 251 g/mol. The molecule has 1 unspecified atom stereocenters. The zero-order valence-corrected chi connectivity index (χ0v) is 10.5. The summed E-state index contributed by atoms with van der Waals surface area (Å²) in [5.41, 5.74) is 0.840. The van der Waals surface area contributed by atoms with Gasteiger partial charge in [-0.1, -0.05) is 23.7 Å². The topological polar surface area (TPSA) is 53.5 Å². The molecular weight excluding hydrogens is 238 g/mol. The first kappa shape index (κ1) is 11.9. The number of amides is 1.